The highest BCUT2D eigenvalue weighted by Gasteiger charge is 2.34. The van der Waals surface area contributed by atoms with Crippen LogP contribution in [-0.2, 0) is 0 Å². The van der Waals surface area contributed by atoms with Gasteiger partial charge in [0.25, 0.3) is 0 Å². The van der Waals surface area contributed by atoms with Gasteiger partial charge in [-0.1, -0.05) is 127 Å². The second-order valence-electron chi connectivity index (χ2n) is 13.3. The Morgan fingerprint density at radius 2 is 1.38 bits per heavy atom. The Balaban J connectivity index is -0.000000272. The molecule has 2 nitrogen and oxygen atoms in total. The van der Waals surface area contributed by atoms with Crippen LogP contribution in [0.15, 0.2) is 0 Å². The van der Waals surface area contributed by atoms with E-state index in [9.17, 15) is 0 Å². The van der Waals surface area contributed by atoms with Crippen LogP contribution in [0.1, 0.15) is 150 Å². The Labute approximate surface area is 223 Å². The minimum atomic E-state index is 0. The second-order valence-corrected chi connectivity index (χ2v) is 14.0. The third-order valence-electron chi connectivity index (χ3n) is 6.40. The van der Waals surface area contributed by atoms with Gasteiger partial charge in [-0.05, 0) is 67.4 Å². The Hall–Kier alpha value is 0.350. The monoisotopic (exact) mass is 505 g/mol. The van der Waals surface area contributed by atoms with E-state index in [1.165, 1.54) is 45.2 Å². The third-order valence-corrected chi connectivity index (χ3v) is 6.95. The molecule has 0 aromatic rings. The first-order valence-electron chi connectivity index (χ1n) is 14.2. The highest BCUT2D eigenvalue weighted by Crippen LogP contribution is 2.40. The summed E-state index contributed by atoms with van der Waals surface area (Å²) in [5.74, 6) is 0. The molecule has 1 aliphatic heterocycles. The first-order chi connectivity index (χ1) is 14.9. The van der Waals surface area contributed by atoms with E-state index in [0.717, 1.165) is 13.1 Å². The summed E-state index contributed by atoms with van der Waals surface area (Å²) in [6.45, 7) is 41.2. The lowest BCUT2D eigenvalue weighted by Crippen LogP contribution is -2.45. The molecule has 1 heterocycles. The fourth-order valence-corrected chi connectivity index (χ4v) is 5.55. The Bertz CT molecular complexity index is 449. The van der Waals surface area contributed by atoms with Crippen molar-refractivity contribution in [2.75, 3.05) is 26.2 Å². The molecule has 0 N–H and O–H groups in total. The molecule has 0 saturated carbocycles. The predicted octanol–water partition coefficient (Wildman–Crippen LogP) is 10.6. The van der Waals surface area contributed by atoms with Crippen LogP contribution in [0.5, 0.6) is 0 Å². The van der Waals surface area contributed by atoms with E-state index in [-0.39, 0.29) is 7.43 Å². The molecule has 0 spiro atoms. The minimum Gasteiger partial charge on any atom is -0.300 e. The molecule has 2 atom stereocenters. The molecule has 2 unspecified atom stereocenters. The summed E-state index contributed by atoms with van der Waals surface area (Å²) < 4.78 is 2.25. The Morgan fingerprint density at radius 3 is 1.74 bits per heavy atom. The summed E-state index contributed by atoms with van der Waals surface area (Å²) in [7, 11) is 2.73. The average Bonchev–Trinajstić information content (AvgIpc) is 2.67. The quantitative estimate of drug-likeness (QED) is 0.332. The topological polar surface area (TPSA) is 6.48 Å². The van der Waals surface area contributed by atoms with E-state index in [1.54, 1.807) is 0 Å². The zero-order valence-corrected chi connectivity index (χ0v) is 27.6. The van der Waals surface area contributed by atoms with Crippen LogP contribution in [-0.4, -0.2) is 41.8 Å². The SMILES string of the molecule is C.CC.CC.CCC(C)(C)CC(C)N1CCCC(C)(C)CC(C)(C)C1.CCN(P)CC(C)(C)C. The molecule has 212 valence electrons. The molecule has 1 rings (SSSR count). The van der Waals surface area contributed by atoms with Gasteiger partial charge in [0.1, 0.15) is 0 Å². The molecule has 1 saturated heterocycles. The summed E-state index contributed by atoms with van der Waals surface area (Å²) >= 11 is 0. The first-order valence-corrected chi connectivity index (χ1v) is 14.7. The van der Waals surface area contributed by atoms with Crippen molar-refractivity contribution in [1.29, 1.82) is 0 Å². The lowest BCUT2D eigenvalue weighted by Gasteiger charge is -2.45. The predicted molar refractivity (Wildman–Crippen MR) is 167 cm³/mol. The van der Waals surface area contributed by atoms with E-state index in [2.05, 4.69) is 102 Å². The van der Waals surface area contributed by atoms with E-state index in [0.29, 0.717) is 27.7 Å². The summed E-state index contributed by atoms with van der Waals surface area (Å²) in [4.78, 5) is 2.77. The van der Waals surface area contributed by atoms with Crippen LogP contribution in [0.3, 0.4) is 0 Å². The van der Waals surface area contributed by atoms with E-state index < -0.39 is 0 Å². The average molecular weight is 505 g/mol. The number of hydrogen-bond donors (Lipinski definition) is 0. The standard InChI is InChI=1S/C19H39N.C7H18NP.2C2H6.CH4/c1-9-17(3,4)13-16(2)20-12-10-11-18(5,6)14-19(7,8)15-20;1-5-8(9)6-7(2,3)4;2*1-2;/h16H,9-15H2,1-8H3;5-6,9H2,1-4H3;2*1-2H3;1H4. The third kappa shape index (κ3) is 22.8. The molecule has 0 radical (unpaired) electrons. The molecule has 1 aliphatic rings. The van der Waals surface area contributed by atoms with Crippen molar-refractivity contribution in [3.63, 3.8) is 0 Å². The van der Waals surface area contributed by atoms with Gasteiger partial charge >= 0.3 is 0 Å². The molecule has 34 heavy (non-hydrogen) atoms. The van der Waals surface area contributed by atoms with Crippen LogP contribution in [0.2, 0.25) is 0 Å². The molecule has 3 heteroatoms. The van der Waals surface area contributed by atoms with Crippen LogP contribution in [0.25, 0.3) is 0 Å². The van der Waals surface area contributed by atoms with Crippen molar-refractivity contribution in [2.24, 2.45) is 21.7 Å². The summed E-state index contributed by atoms with van der Waals surface area (Å²) in [5, 5.41) is 0. The van der Waals surface area contributed by atoms with Gasteiger partial charge in [0.15, 0.2) is 0 Å². The fourth-order valence-electron chi connectivity index (χ4n) is 5.00. The van der Waals surface area contributed by atoms with Crippen molar-refractivity contribution in [3.05, 3.63) is 0 Å². The number of hydrogen-bond acceptors (Lipinski definition) is 2. The Kier molecular flexibility index (Phi) is 23.7. The minimum absolute atomic E-state index is 0. The van der Waals surface area contributed by atoms with E-state index in [4.69, 9.17) is 0 Å². The molecule has 0 aromatic carbocycles. The van der Waals surface area contributed by atoms with Crippen LogP contribution < -0.4 is 0 Å². The van der Waals surface area contributed by atoms with E-state index >= 15 is 0 Å². The summed E-state index contributed by atoms with van der Waals surface area (Å²) in [5.41, 5.74) is 1.86. The van der Waals surface area contributed by atoms with Gasteiger partial charge in [0.05, 0.1) is 0 Å². The summed E-state index contributed by atoms with van der Waals surface area (Å²) in [6.07, 6.45) is 6.68. The molecular formula is C31H73N2P. The van der Waals surface area contributed by atoms with Gasteiger partial charge in [0.2, 0.25) is 0 Å². The molecule has 0 aromatic heterocycles. The summed E-state index contributed by atoms with van der Waals surface area (Å²) in [6, 6.07) is 0.713. The molecular weight excluding hydrogens is 431 g/mol. The maximum Gasteiger partial charge on any atom is 0.00722 e. The van der Waals surface area contributed by atoms with Gasteiger partial charge in [-0.25, -0.2) is 0 Å². The number of likely N-dealkylation sites (tertiary alicyclic amines) is 1. The fraction of sp³-hybridized carbons (Fsp3) is 1.00. The van der Waals surface area contributed by atoms with E-state index in [1.807, 2.05) is 27.7 Å². The normalized spacial score (nSPS) is 18.9. The zero-order chi connectivity index (χ0) is 27.1. The lowest BCUT2D eigenvalue weighted by atomic mass is 9.71. The van der Waals surface area contributed by atoms with Crippen molar-refractivity contribution < 1.29 is 0 Å². The Morgan fingerprint density at radius 1 is 0.912 bits per heavy atom. The number of rotatable bonds is 6. The first kappa shape index (κ1) is 41.5. The molecule has 0 aliphatic carbocycles. The molecule has 0 amide bonds. The zero-order valence-electron chi connectivity index (χ0n) is 26.4. The van der Waals surface area contributed by atoms with Crippen molar-refractivity contribution in [3.8, 4) is 0 Å². The van der Waals surface area contributed by atoms with Crippen LogP contribution in [0.4, 0.5) is 0 Å². The highest BCUT2D eigenvalue weighted by molar-refractivity contribution is 7.13. The molecule has 0 bridgehead atoms. The van der Waals surface area contributed by atoms with Gasteiger partial charge in [0, 0.05) is 19.1 Å². The van der Waals surface area contributed by atoms with Gasteiger partial charge in [-0.2, -0.15) is 0 Å². The van der Waals surface area contributed by atoms with Crippen molar-refractivity contribution >= 4 is 9.39 Å². The largest absolute Gasteiger partial charge is 0.300 e. The van der Waals surface area contributed by atoms with Crippen LogP contribution >= 0.6 is 9.39 Å². The highest BCUT2D eigenvalue weighted by atomic mass is 31.0. The smallest absolute Gasteiger partial charge is 0.00722 e. The number of nitrogens with zero attached hydrogens (tertiary/aromatic N) is 2. The maximum atomic E-state index is 2.77. The van der Waals surface area contributed by atoms with Crippen molar-refractivity contribution in [1.82, 2.24) is 9.57 Å². The van der Waals surface area contributed by atoms with Crippen molar-refractivity contribution in [2.45, 2.75) is 156 Å². The second kappa shape index (κ2) is 19.5. The maximum absolute atomic E-state index is 2.77. The van der Waals surface area contributed by atoms with Gasteiger partial charge in [-0.3, -0.25) is 4.67 Å². The van der Waals surface area contributed by atoms with Gasteiger partial charge in [-0.15, -0.1) is 0 Å². The van der Waals surface area contributed by atoms with Crippen LogP contribution in [0, 0.1) is 21.7 Å². The lowest BCUT2D eigenvalue weighted by molar-refractivity contribution is 0.0509. The van der Waals surface area contributed by atoms with Gasteiger partial charge < -0.3 is 4.90 Å². The molecule has 1 fully saturated rings.